The van der Waals surface area contributed by atoms with E-state index in [-0.39, 0.29) is 5.41 Å². The Bertz CT molecular complexity index is 313. The van der Waals surface area contributed by atoms with Crippen molar-refractivity contribution in [3.8, 4) is 0 Å². The van der Waals surface area contributed by atoms with Crippen molar-refractivity contribution >= 4 is 10.2 Å². The van der Waals surface area contributed by atoms with Gasteiger partial charge in [-0.25, -0.2) is 4.72 Å². The van der Waals surface area contributed by atoms with Crippen molar-refractivity contribution < 1.29 is 8.42 Å². The first-order valence-electron chi connectivity index (χ1n) is 6.09. The smallest absolute Gasteiger partial charge is 0.279 e. The van der Waals surface area contributed by atoms with Gasteiger partial charge in [0.15, 0.2) is 0 Å². The van der Waals surface area contributed by atoms with Crippen molar-refractivity contribution in [1.29, 1.82) is 0 Å². The zero-order valence-corrected chi connectivity index (χ0v) is 12.5. The lowest BCUT2D eigenvalue weighted by Crippen LogP contribution is -2.47. The molecule has 17 heavy (non-hydrogen) atoms. The molecule has 0 fully saturated rings. The standard InChI is InChI=1S/C11H27N3O2S/c1-6-14(9-11(4,5)8-12)17(15,16)13-7-10(2)3/h10,13H,6-9,12H2,1-5H3. The molecule has 0 amide bonds. The third-order valence-corrected chi connectivity index (χ3v) is 4.12. The number of hydrogen-bond acceptors (Lipinski definition) is 3. The van der Waals surface area contributed by atoms with Crippen molar-refractivity contribution in [1.82, 2.24) is 9.03 Å². The van der Waals surface area contributed by atoms with Crippen LogP contribution in [0.5, 0.6) is 0 Å². The number of nitrogens with one attached hydrogen (secondary N) is 1. The maximum absolute atomic E-state index is 12.0. The molecule has 0 bridgehead atoms. The van der Waals surface area contributed by atoms with E-state index in [9.17, 15) is 8.42 Å². The molecule has 0 aliphatic carbocycles. The molecule has 104 valence electrons. The molecule has 0 aromatic carbocycles. The highest BCUT2D eigenvalue weighted by atomic mass is 32.2. The quantitative estimate of drug-likeness (QED) is 0.681. The molecule has 5 nitrogen and oxygen atoms in total. The van der Waals surface area contributed by atoms with Gasteiger partial charge >= 0.3 is 0 Å². The zero-order valence-electron chi connectivity index (χ0n) is 11.7. The summed E-state index contributed by atoms with van der Waals surface area (Å²) in [5.74, 6) is 0.297. The van der Waals surface area contributed by atoms with Crippen molar-refractivity contribution in [2.75, 3.05) is 26.2 Å². The largest absolute Gasteiger partial charge is 0.330 e. The molecule has 0 aliphatic heterocycles. The summed E-state index contributed by atoms with van der Waals surface area (Å²) in [6.07, 6.45) is 0. The number of hydrogen-bond donors (Lipinski definition) is 2. The first-order chi connectivity index (χ1) is 7.64. The highest BCUT2D eigenvalue weighted by molar-refractivity contribution is 7.87. The average Bonchev–Trinajstić information content (AvgIpc) is 2.23. The summed E-state index contributed by atoms with van der Waals surface area (Å²) in [6, 6.07) is 0. The SMILES string of the molecule is CCN(CC(C)(C)CN)S(=O)(=O)NCC(C)C. The fourth-order valence-electron chi connectivity index (χ4n) is 1.27. The van der Waals surface area contributed by atoms with Crippen LogP contribution in [0.2, 0.25) is 0 Å². The zero-order chi connectivity index (χ0) is 13.7. The van der Waals surface area contributed by atoms with Crippen LogP contribution in [0.1, 0.15) is 34.6 Å². The summed E-state index contributed by atoms with van der Waals surface area (Å²) >= 11 is 0. The van der Waals surface area contributed by atoms with Crippen molar-refractivity contribution in [3.05, 3.63) is 0 Å². The molecule has 6 heteroatoms. The summed E-state index contributed by atoms with van der Waals surface area (Å²) in [5, 5.41) is 0. The van der Waals surface area contributed by atoms with Gasteiger partial charge in [0.25, 0.3) is 10.2 Å². The molecule has 0 atom stereocenters. The Labute approximate surface area is 106 Å². The molecular weight excluding hydrogens is 238 g/mol. The Morgan fingerprint density at radius 3 is 2.24 bits per heavy atom. The predicted molar refractivity (Wildman–Crippen MR) is 71.8 cm³/mol. The Kier molecular flexibility index (Phi) is 6.61. The molecule has 0 saturated carbocycles. The van der Waals surface area contributed by atoms with Gasteiger partial charge in [-0.3, -0.25) is 0 Å². The lowest BCUT2D eigenvalue weighted by atomic mass is 9.94. The van der Waals surface area contributed by atoms with Gasteiger partial charge in [-0.05, 0) is 17.9 Å². The average molecular weight is 265 g/mol. The van der Waals surface area contributed by atoms with Gasteiger partial charge < -0.3 is 5.73 Å². The van der Waals surface area contributed by atoms with Gasteiger partial charge in [0.05, 0.1) is 0 Å². The third-order valence-electron chi connectivity index (χ3n) is 2.52. The molecule has 0 aliphatic rings. The summed E-state index contributed by atoms with van der Waals surface area (Å²) in [5.41, 5.74) is 5.43. The fourth-order valence-corrected chi connectivity index (χ4v) is 2.86. The maximum Gasteiger partial charge on any atom is 0.279 e. The first kappa shape index (κ1) is 16.8. The van der Waals surface area contributed by atoms with Gasteiger partial charge in [0, 0.05) is 19.6 Å². The second kappa shape index (κ2) is 6.68. The van der Waals surface area contributed by atoms with Crippen molar-refractivity contribution in [2.24, 2.45) is 17.1 Å². The van der Waals surface area contributed by atoms with Crippen LogP contribution in [0.15, 0.2) is 0 Å². The van der Waals surface area contributed by atoms with E-state index in [1.54, 1.807) is 0 Å². The van der Waals surface area contributed by atoms with Gasteiger partial charge in [-0.2, -0.15) is 12.7 Å². The molecule has 0 rings (SSSR count). The topological polar surface area (TPSA) is 75.4 Å². The monoisotopic (exact) mass is 265 g/mol. The lowest BCUT2D eigenvalue weighted by molar-refractivity contribution is 0.270. The number of nitrogens with two attached hydrogens (primary N) is 1. The summed E-state index contributed by atoms with van der Waals surface area (Å²) in [7, 11) is -3.38. The minimum atomic E-state index is -3.38. The van der Waals surface area contributed by atoms with Gasteiger partial charge in [0.2, 0.25) is 0 Å². The molecule has 0 radical (unpaired) electrons. The van der Waals surface area contributed by atoms with E-state index in [0.29, 0.717) is 32.1 Å². The second-order valence-electron chi connectivity index (χ2n) is 5.54. The number of rotatable bonds is 8. The van der Waals surface area contributed by atoms with E-state index in [2.05, 4.69) is 4.72 Å². The van der Waals surface area contributed by atoms with Crippen LogP contribution in [0.3, 0.4) is 0 Å². The van der Waals surface area contributed by atoms with E-state index in [4.69, 9.17) is 5.73 Å². The molecule has 0 unspecified atom stereocenters. The number of nitrogens with zero attached hydrogens (tertiary/aromatic N) is 1. The minimum Gasteiger partial charge on any atom is -0.330 e. The van der Waals surface area contributed by atoms with Crippen LogP contribution in [0, 0.1) is 11.3 Å². The molecule has 0 aromatic heterocycles. The molecular formula is C11H27N3O2S. The van der Waals surface area contributed by atoms with Gasteiger partial charge in [-0.15, -0.1) is 0 Å². The highest BCUT2D eigenvalue weighted by Gasteiger charge is 2.27. The van der Waals surface area contributed by atoms with Gasteiger partial charge in [-0.1, -0.05) is 34.6 Å². The van der Waals surface area contributed by atoms with Crippen LogP contribution >= 0.6 is 0 Å². The Balaban J connectivity index is 4.64. The van der Waals surface area contributed by atoms with Gasteiger partial charge in [0.1, 0.15) is 0 Å². The second-order valence-corrected chi connectivity index (χ2v) is 7.30. The maximum atomic E-state index is 12.0. The van der Waals surface area contributed by atoms with Crippen LogP contribution in [0.4, 0.5) is 0 Å². The first-order valence-corrected chi connectivity index (χ1v) is 7.53. The fraction of sp³-hybridized carbons (Fsp3) is 1.00. The third kappa shape index (κ3) is 6.35. The van der Waals surface area contributed by atoms with Crippen molar-refractivity contribution in [2.45, 2.75) is 34.6 Å². The van der Waals surface area contributed by atoms with Crippen LogP contribution in [-0.2, 0) is 10.2 Å². The van der Waals surface area contributed by atoms with E-state index in [0.717, 1.165) is 0 Å². The highest BCUT2D eigenvalue weighted by Crippen LogP contribution is 2.16. The van der Waals surface area contributed by atoms with E-state index < -0.39 is 10.2 Å². The predicted octanol–water partition coefficient (Wildman–Crippen LogP) is 0.784. The Morgan fingerprint density at radius 2 is 1.88 bits per heavy atom. The molecule has 0 aromatic rings. The summed E-state index contributed by atoms with van der Waals surface area (Å²) in [4.78, 5) is 0. The van der Waals surface area contributed by atoms with Crippen LogP contribution < -0.4 is 10.5 Å². The molecule has 0 heterocycles. The lowest BCUT2D eigenvalue weighted by Gasteiger charge is -2.30. The summed E-state index contributed by atoms with van der Waals surface area (Å²) in [6.45, 7) is 11.5. The van der Waals surface area contributed by atoms with Crippen LogP contribution in [0.25, 0.3) is 0 Å². The molecule has 0 saturated heterocycles. The van der Waals surface area contributed by atoms with E-state index in [1.165, 1.54) is 4.31 Å². The van der Waals surface area contributed by atoms with Crippen LogP contribution in [-0.4, -0.2) is 38.9 Å². The molecule has 0 spiro atoms. The summed E-state index contributed by atoms with van der Waals surface area (Å²) < 4.78 is 28.1. The normalized spacial score (nSPS) is 13.6. The Hall–Kier alpha value is -0.170. The van der Waals surface area contributed by atoms with E-state index >= 15 is 0 Å². The van der Waals surface area contributed by atoms with E-state index in [1.807, 2.05) is 34.6 Å². The minimum absolute atomic E-state index is 0.206. The molecule has 3 N–H and O–H groups in total. The van der Waals surface area contributed by atoms with Crippen molar-refractivity contribution in [3.63, 3.8) is 0 Å². The Morgan fingerprint density at radius 1 is 1.35 bits per heavy atom.